The first-order valence-corrected chi connectivity index (χ1v) is 4.95. The standard InChI is InChI=1S/C11H14FNO3/c1-7(4-5-14)13-11(16)9-3-2-8(12)6-10(9)15/h2-3,6-7,14-15H,4-5H2,1H3,(H,13,16). The quantitative estimate of drug-likeness (QED) is 0.719. The highest BCUT2D eigenvalue weighted by molar-refractivity contribution is 5.96. The zero-order valence-corrected chi connectivity index (χ0v) is 8.90. The van der Waals surface area contributed by atoms with E-state index in [9.17, 15) is 14.3 Å². The molecule has 88 valence electrons. The minimum atomic E-state index is -0.600. The summed E-state index contributed by atoms with van der Waals surface area (Å²) in [5.41, 5.74) is 0.0196. The minimum Gasteiger partial charge on any atom is -0.507 e. The highest BCUT2D eigenvalue weighted by Crippen LogP contribution is 2.17. The van der Waals surface area contributed by atoms with Gasteiger partial charge in [0.1, 0.15) is 11.6 Å². The van der Waals surface area contributed by atoms with Gasteiger partial charge in [-0.1, -0.05) is 0 Å². The third kappa shape index (κ3) is 3.20. The maximum Gasteiger partial charge on any atom is 0.255 e. The Morgan fingerprint density at radius 1 is 1.56 bits per heavy atom. The number of halogens is 1. The fourth-order valence-corrected chi connectivity index (χ4v) is 1.26. The van der Waals surface area contributed by atoms with Crippen molar-refractivity contribution >= 4 is 5.91 Å². The number of carbonyl (C=O) groups is 1. The molecule has 0 saturated carbocycles. The number of phenols is 1. The smallest absolute Gasteiger partial charge is 0.255 e. The molecule has 0 heterocycles. The SMILES string of the molecule is CC(CCO)NC(=O)c1ccc(F)cc1O. The lowest BCUT2D eigenvalue weighted by Crippen LogP contribution is -2.33. The van der Waals surface area contributed by atoms with Crippen molar-refractivity contribution in [2.24, 2.45) is 0 Å². The summed E-state index contributed by atoms with van der Waals surface area (Å²) in [6, 6.07) is 2.99. The Bertz CT molecular complexity index is 381. The van der Waals surface area contributed by atoms with Gasteiger partial charge in [-0.2, -0.15) is 0 Å². The van der Waals surface area contributed by atoms with Gasteiger partial charge in [0.15, 0.2) is 0 Å². The Morgan fingerprint density at radius 3 is 2.81 bits per heavy atom. The fraction of sp³-hybridized carbons (Fsp3) is 0.364. The summed E-state index contributed by atoms with van der Waals surface area (Å²) < 4.78 is 12.7. The van der Waals surface area contributed by atoms with Gasteiger partial charge in [0.2, 0.25) is 0 Å². The highest BCUT2D eigenvalue weighted by Gasteiger charge is 2.13. The molecule has 0 radical (unpaired) electrons. The molecule has 1 unspecified atom stereocenters. The molecule has 0 aliphatic rings. The van der Waals surface area contributed by atoms with Gasteiger partial charge >= 0.3 is 0 Å². The Morgan fingerprint density at radius 2 is 2.25 bits per heavy atom. The van der Waals surface area contributed by atoms with Gasteiger partial charge in [-0.05, 0) is 25.5 Å². The summed E-state index contributed by atoms with van der Waals surface area (Å²) in [4.78, 5) is 11.6. The first kappa shape index (κ1) is 12.4. The minimum absolute atomic E-state index is 0.0196. The lowest BCUT2D eigenvalue weighted by atomic mass is 10.1. The van der Waals surface area contributed by atoms with Crippen molar-refractivity contribution in [1.29, 1.82) is 0 Å². The molecule has 1 atom stereocenters. The van der Waals surface area contributed by atoms with E-state index in [1.165, 1.54) is 6.07 Å². The first-order chi connectivity index (χ1) is 7.54. The van der Waals surface area contributed by atoms with E-state index in [0.29, 0.717) is 6.42 Å². The van der Waals surface area contributed by atoms with Gasteiger partial charge in [0.25, 0.3) is 5.91 Å². The summed E-state index contributed by atoms with van der Waals surface area (Å²) in [5, 5.41) is 20.6. The van der Waals surface area contributed by atoms with Crippen LogP contribution in [0.4, 0.5) is 4.39 Å². The van der Waals surface area contributed by atoms with E-state index in [1.54, 1.807) is 6.92 Å². The molecule has 0 spiro atoms. The van der Waals surface area contributed by atoms with Gasteiger partial charge in [0, 0.05) is 18.7 Å². The molecule has 1 amide bonds. The number of rotatable bonds is 4. The molecule has 5 heteroatoms. The van der Waals surface area contributed by atoms with Crippen molar-refractivity contribution in [3.63, 3.8) is 0 Å². The molecule has 0 aliphatic carbocycles. The Labute approximate surface area is 92.7 Å². The van der Waals surface area contributed by atoms with Crippen LogP contribution in [0.2, 0.25) is 0 Å². The molecular formula is C11H14FNO3. The maximum absolute atomic E-state index is 12.7. The normalized spacial score (nSPS) is 12.2. The number of aliphatic hydroxyl groups is 1. The molecule has 3 N–H and O–H groups in total. The zero-order valence-electron chi connectivity index (χ0n) is 8.90. The van der Waals surface area contributed by atoms with Crippen LogP contribution in [-0.4, -0.2) is 28.8 Å². The van der Waals surface area contributed by atoms with Crippen molar-refractivity contribution in [3.8, 4) is 5.75 Å². The highest BCUT2D eigenvalue weighted by atomic mass is 19.1. The van der Waals surface area contributed by atoms with E-state index < -0.39 is 17.5 Å². The number of hydrogen-bond donors (Lipinski definition) is 3. The van der Waals surface area contributed by atoms with Crippen LogP contribution in [0.3, 0.4) is 0 Å². The largest absolute Gasteiger partial charge is 0.507 e. The average molecular weight is 227 g/mol. The summed E-state index contributed by atoms with van der Waals surface area (Å²) in [5.74, 6) is -1.48. The van der Waals surface area contributed by atoms with Crippen LogP contribution < -0.4 is 5.32 Å². The lowest BCUT2D eigenvalue weighted by Gasteiger charge is -2.12. The monoisotopic (exact) mass is 227 g/mol. The van der Waals surface area contributed by atoms with Crippen LogP contribution in [-0.2, 0) is 0 Å². The van der Waals surface area contributed by atoms with E-state index >= 15 is 0 Å². The molecule has 0 saturated heterocycles. The van der Waals surface area contributed by atoms with Crippen molar-refractivity contribution in [2.45, 2.75) is 19.4 Å². The van der Waals surface area contributed by atoms with Crippen molar-refractivity contribution in [1.82, 2.24) is 5.32 Å². The van der Waals surface area contributed by atoms with E-state index in [0.717, 1.165) is 12.1 Å². The van der Waals surface area contributed by atoms with Crippen LogP contribution in [0.15, 0.2) is 18.2 Å². The average Bonchev–Trinajstić information content (AvgIpc) is 2.17. The van der Waals surface area contributed by atoms with Crippen molar-refractivity contribution in [2.75, 3.05) is 6.61 Å². The van der Waals surface area contributed by atoms with Gasteiger partial charge in [-0.3, -0.25) is 4.79 Å². The van der Waals surface area contributed by atoms with Gasteiger partial charge in [0.05, 0.1) is 5.56 Å². The molecule has 16 heavy (non-hydrogen) atoms. The van der Waals surface area contributed by atoms with E-state index in [1.807, 2.05) is 0 Å². The van der Waals surface area contributed by atoms with Crippen LogP contribution in [0.5, 0.6) is 5.75 Å². The van der Waals surface area contributed by atoms with Crippen LogP contribution >= 0.6 is 0 Å². The summed E-state index contributed by atoms with van der Waals surface area (Å²) in [7, 11) is 0. The van der Waals surface area contributed by atoms with Gasteiger partial charge in [-0.25, -0.2) is 4.39 Å². The molecule has 0 bridgehead atoms. The van der Waals surface area contributed by atoms with E-state index in [2.05, 4.69) is 5.32 Å². The number of hydrogen-bond acceptors (Lipinski definition) is 3. The van der Waals surface area contributed by atoms with E-state index in [-0.39, 0.29) is 18.2 Å². The summed E-state index contributed by atoms with van der Waals surface area (Å²) in [6.07, 6.45) is 0.424. The van der Waals surface area contributed by atoms with E-state index in [4.69, 9.17) is 5.11 Å². The number of aliphatic hydroxyl groups excluding tert-OH is 1. The zero-order chi connectivity index (χ0) is 12.1. The Kier molecular flexibility index (Phi) is 4.25. The topological polar surface area (TPSA) is 69.6 Å². The van der Waals surface area contributed by atoms with Gasteiger partial charge in [-0.15, -0.1) is 0 Å². The second kappa shape index (κ2) is 5.46. The number of carbonyl (C=O) groups excluding carboxylic acids is 1. The molecule has 1 aromatic carbocycles. The molecule has 0 aromatic heterocycles. The lowest BCUT2D eigenvalue weighted by molar-refractivity contribution is 0.0931. The summed E-state index contributed by atoms with van der Waals surface area (Å²) in [6.45, 7) is 1.70. The predicted molar refractivity (Wildman–Crippen MR) is 56.7 cm³/mol. The number of nitrogens with one attached hydrogen (secondary N) is 1. The summed E-state index contributed by atoms with van der Waals surface area (Å²) >= 11 is 0. The number of amides is 1. The first-order valence-electron chi connectivity index (χ1n) is 4.95. The third-order valence-electron chi connectivity index (χ3n) is 2.14. The van der Waals surface area contributed by atoms with Gasteiger partial charge < -0.3 is 15.5 Å². The second-order valence-electron chi connectivity index (χ2n) is 3.55. The number of aromatic hydroxyl groups is 1. The van der Waals surface area contributed by atoms with Crippen molar-refractivity contribution in [3.05, 3.63) is 29.6 Å². The molecule has 1 rings (SSSR count). The molecule has 4 nitrogen and oxygen atoms in total. The Balaban J connectivity index is 2.73. The number of benzene rings is 1. The molecule has 1 aromatic rings. The maximum atomic E-state index is 12.7. The third-order valence-corrected chi connectivity index (χ3v) is 2.14. The van der Waals surface area contributed by atoms with Crippen LogP contribution in [0, 0.1) is 5.82 Å². The molecular weight excluding hydrogens is 213 g/mol. The Hall–Kier alpha value is -1.62. The molecule has 0 aliphatic heterocycles. The number of phenolic OH excluding ortho intramolecular Hbond substituents is 1. The fourth-order valence-electron chi connectivity index (χ4n) is 1.26. The van der Waals surface area contributed by atoms with Crippen LogP contribution in [0.1, 0.15) is 23.7 Å². The predicted octanol–water partition coefficient (Wildman–Crippen LogP) is 1.03. The second-order valence-corrected chi connectivity index (χ2v) is 3.55. The van der Waals surface area contributed by atoms with Crippen molar-refractivity contribution < 1.29 is 19.4 Å². The molecule has 0 fully saturated rings. The van der Waals surface area contributed by atoms with Crippen LogP contribution in [0.25, 0.3) is 0 Å².